The first-order chi connectivity index (χ1) is 30.8. The van der Waals surface area contributed by atoms with Crippen molar-refractivity contribution in [2.24, 2.45) is 0 Å². The van der Waals surface area contributed by atoms with E-state index in [0.29, 0.717) is 0 Å². The van der Waals surface area contributed by atoms with E-state index in [0.717, 1.165) is 77.5 Å². The van der Waals surface area contributed by atoms with Crippen molar-refractivity contribution < 1.29 is 8.83 Å². The van der Waals surface area contributed by atoms with Crippen LogP contribution >= 0.6 is 0 Å². The number of hydrogen-bond donors (Lipinski definition) is 0. The number of para-hydroxylation sites is 2. The van der Waals surface area contributed by atoms with Crippen molar-refractivity contribution in [3.05, 3.63) is 247 Å². The second-order valence-corrected chi connectivity index (χ2v) is 16.3. The zero-order valence-corrected chi connectivity index (χ0v) is 33.6. The van der Waals surface area contributed by atoms with Crippen molar-refractivity contribution in [1.29, 1.82) is 0 Å². The fourth-order valence-corrected chi connectivity index (χ4v) is 10.5. The van der Waals surface area contributed by atoms with Gasteiger partial charge in [-0.1, -0.05) is 176 Å². The largest absolute Gasteiger partial charge is 0.456 e. The van der Waals surface area contributed by atoms with Crippen LogP contribution in [0.2, 0.25) is 0 Å². The number of nitrogens with zero attached hydrogens (tertiary/aromatic N) is 1. The summed E-state index contributed by atoms with van der Waals surface area (Å²) >= 11 is 0. The topological polar surface area (TPSA) is 29.5 Å². The average Bonchev–Trinajstić information content (AvgIpc) is 4.01. The van der Waals surface area contributed by atoms with Crippen LogP contribution in [0.4, 0.5) is 17.1 Å². The molecule has 0 aliphatic heterocycles. The zero-order chi connectivity index (χ0) is 40.8. The highest BCUT2D eigenvalue weighted by Crippen LogP contribution is 2.59. The molecule has 12 aromatic rings. The van der Waals surface area contributed by atoms with Crippen LogP contribution in [0.3, 0.4) is 0 Å². The van der Waals surface area contributed by atoms with Gasteiger partial charge in [0.15, 0.2) is 0 Å². The van der Waals surface area contributed by atoms with Crippen molar-refractivity contribution in [2.75, 3.05) is 4.90 Å². The lowest BCUT2D eigenvalue weighted by Gasteiger charge is -2.34. The molecule has 13 rings (SSSR count). The molecule has 3 nitrogen and oxygen atoms in total. The SMILES string of the molecule is c1ccc(C2(c3ccccc3)c3ccccc3-c3c(N(c4ccc(-c5cccc6c5oc5c7ccccc7ccc65)cc4)c4ccc5c(c4)oc4ccccc45)cccc32)cc1. The lowest BCUT2D eigenvalue weighted by molar-refractivity contribution is 0.669. The highest BCUT2D eigenvalue weighted by atomic mass is 16.3. The quantitative estimate of drug-likeness (QED) is 0.168. The molecule has 0 unspecified atom stereocenters. The van der Waals surface area contributed by atoms with Crippen molar-refractivity contribution in [3.8, 4) is 22.3 Å². The molecule has 10 aromatic carbocycles. The molecule has 2 heterocycles. The average molecular weight is 792 g/mol. The second kappa shape index (κ2) is 13.4. The van der Waals surface area contributed by atoms with E-state index in [9.17, 15) is 0 Å². The number of fused-ring (bicyclic) bond motifs is 11. The summed E-state index contributed by atoms with van der Waals surface area (Å²) in [6.45, 7) is 0. The minimum Gasteiger partial charge on any atom is -0.456 e. The van der Waals surface area contributed by atoms with Gasteiger partial charge >= 0.3 is 0 Å². The van der Waals surface area contributed by atoms with E-state index in [-0.39, 0.29) is 0 Å². The Morgan fingerprint density at radius 1 is 0.355 bits per heavy atom. The predicted molar refractivity (Wildman–Crippen MR) is 256 cm³/mol. The summed E-state index contributed by atoms with van der Waals surface area (Å²) in [6, 6.07) is 81.0. The second-order valence-electron chi connectivity index (χ2n) is 16.3. The smallest absolute Gasteiger partial charge is 0.143 e. The molecule has 0 saturated heterocycles. The van der Waals surface area contributed by atoms with Crippen LogP contribution in [-0.2, 0) is 5.41 Å². The molecule has 0 N–H and O–H groups in total. The van der Waals surface area contributed by atoms with Gasteiger partial charge in [0, 0.05) is 55.5 Å². The summed E-state index contributed by atoms with van der Waals surface area (Å²) in [5, 5.41) is 6.76. The van der Waals surface area contributed by atoms with Gasteiger partial charge in [-0.05, 0) is 81.2 Å². The van der Waals surface area contributed by atoms with Gasteiger partial charge in [-0.25, -0.2) is 0 Å². The normalized spacial score (nSPS) is 13.0. The summed E-state index contributed by atoms with van der Waals surface area (Å²) in [6.07, 6.45) is 0. The first kappa shape index (κ1) is 34.7. The predicted octanol–water partition coefficient (Wildman–Crippen LogP) is 16.1. The molecule has 0 amide bonds. The Bertz CT molecular complexity index is 3650. The van der Waals surface area contributed by atoms with Gasteiger partial charge in [-0.2, -0.15) is 0 Å². The number of benzene rings is 10. The Morgan fingerprint density at radius 2 is 0.952 bits per heavy atom. The first-order valence-corrected chi connectivity index (χ1v) is 21.2. The van der Waals surface area contributed by atoms with Crippen molar-refractivity contribution in [2.45, 2.75) is 5.41 Å². The Hall–Kier alpha value is -8.14. The molecule has 1 aliphatic rings. The number of furan rings is 2. The summed E-state index contributed by atoms with van der Waals surface area (Å²) in [5.41, 5.74) is 15.8. The molecule has 290 valence electrons. The molecule has 0 spiro atoms. The van der Waals surface area contributed by atoms with E-state index in [1.54, 1.807) is 0 Å². The van der Waals surface area contributed by atoms with Gasteiger partial charge in [0.25, 0.3) is 0 Å². The molecule has 0 fully saturated rings. The molecular formula is C59H37NO2. The van der Waals surface area contributed by atoms with E-state index in [4.69, 9.17) is 8.83 Å². The fraction of sp³-hybridized carbons (Fsp3) is 0.0169. The molecule has 0 bridgehead atoms. The first-order valence-electron chi connectivity index (χ1n) is 21.2. The maximum atomic E-state index is 6.79. The molecule has 0 atom stereocenters. The van der Waals surface area contributed by atoms with Gasteiger partial charge in [0.05, 0.1) is 11.1 Å². The maximum absolute atomic E-state index is 6.79. The van der Waals surface area contributed by atoms with Crippen LogP contribution in [-0.4, -0.2) is 0 Å². The fourth-order valence-electron chi connectivity index (χ4n) is 10.5. The Kier molecular flexibility index (Phi) is 7.52. The summed E-state index contributed by atoms with van der Waals surface area (Å²) in [4.78, 5) is 2.41. The van der Waals surface area contributed by atoms with Crippen LogP contribution in [0.25, 0.3) is 76.9 Å². The van der Waals surface area contributed by atoms with Gasteiger partial charge in [0.2, 0.25) is 0 Å². The Balaban J connectivity index is 1.04. The highest BCUT2D eigenvalue weighted by Gasteiger charge is 2.47. The lowest BCUT2D eigenvalue weighted by Crippen LogP contribution is -2.28. The molecule has 0 radical (unpaired) electrons. The lowest BCUT2D eigenvalue weighted by atomic mass is 9.68. The van der Waals surface area contributed by atoms with E-state index >= 15 is 0 Å². The van der Waals surface area contributed by atoms with Gasteiger partial charge in [-0.3, -0.25) is 0 Å². The number of rotatable bonds is 6. The van der Waals surface area contributed by atoms with Crippen LogP contribution in [0.1, 0.15) is 22.3 Å². The molecule has 3 heteroatoms. The molecule has 1 aliphatic carbocycles. The third kappa shape index (κ3) is 4.94. The summed E-state index contributed by atoms with van der Waals surface area (Å²) < 4.78 is 13.3. The maximum Gasteiger partial charge on any atom is 0.143 e. The third-order valence-corrected chi connectivity index (χ3v) is 13.1. The van der Waals surface area contributed by atoms with E-state index < -0.39 is 5.41 Å². The standard InChI is InChI=1S/C59H37NO2/c1-3-16-40(17-4-1)59(41-18-5-2-6-19-41)51-25-11-9-22-50(51)56-52(59)26-14-27-53(56)60(43-34-36-47-46-21-10-12-28-54(46)61-55(47)37-43)42-32-29-39(30-33-42)45-23-13-24-48-49-35-31-38-15-7-8-20-44(38)58(49)62-57(45)48/h1-37H. The minimum absolute atomic E-state index is 0.529. The summed E-state index contributed by atoms with van der Waals surface area (Å²) in [7, 11) is 0. The van der Waals surface area contributed by atoms with E-state index in [1.165, 1.54) is 38.8 Å². The number of anilines is 3. The minimum atomic E-state index is -0.529. The van der Waals surface area contributed by atoms with E-state index in [1.807, 2.05) is 12.1 Å². The Labute approximate surface area is 358 Å². The van der Waals surface area contributed by atoms with Gasteiger partial charge in [0.1, 0.15) is 22.3 Å². The molecule has 2 aromatic heterocycles. The molecular weight excluding hydrogens is 755 g/mol. The van der Waals surface area contributed by atoms with Crippen molar-refractivity contribution in [3.63, 3.8) is 0 Å². The number of hydrogen-bond acceptors (Lipinski definition) is 3. The van der Waals surface area contributed by atoms with Gasteiger partial charge in [-0.15, -0.1) is 0 Å². The van der Waals surface area contributed by atoms with Crippen LogP contribution in [0, 0.1) is 0 Å². The monoisotopic (exact) mass is 791 g/mol. The summed E-state index contributed by atoms with van der Waals surface area (Å²) in [5.74, 6) is 0. The van der Waals surface area contributed by atoms with Crippen LogP contribution < -0.4 is 4.90 Å². The van der Waals surface area contributed by atoms with Gasteiger partial charge < -0.3 is 13.7 Å². The van der Waals surface area contributed by atoms with Crippen LogP contribution in [0.5, 0.6) is 0 Å². The van der Waals surface area contributed by atoms with E-state index in [2.05, 4.69) is 217 Å². The van der Waals surface area contributed by atoms with Crippen molar-refractivity contribution in [1.82, 2.24) is 0 Å². The third-order valence-electron chi connectivity index (χ3n) is 13.1. The van der Waals surface area contributed by atoms with Crippen molar-refractivity contribution >= 4 is 71.7 Å². The molecule has 62 heavy (non-hydrogen) atoms. The Morgan fingerprint density at radius 3 is 1.77 bits per heavy atom. The zero-order valence-electron chi connectivity index (χ0n) is 33.6. The molecule has 0 saturated carbocycles. The highest BCUT2D eigenvalue weighted by molar-refractivity contribution is 6.17. The van der Waals surface area contributed by atoms with Crippen LogP contribution in [0.15, 0.2) is 233 Å².